The van der Waals surface area contributed by atoms with Gasteiger partial charge in [0.25, 0.3) is 0 Å². The maximum Gasteiger partial charge on any atom is 0.0766 e. The number of nitrogens with one attached hydrogen (secondary N) is 1. The van der Waals surface area contributed by atoms with E-state index < -0.39 is 0 Å². The molecule has 1 aliphatic heterocycles. The lowest BCUT2D eigenvalue weighted by Crippen LogP contribution is -3.09. The van der Waals surface area contributed by atoms with Gasteiger partial charge in [-0.3, -0.25) is 0 Å². The third kappa shape index (κ3) is 1.96. The van der Waals surface area contributed by atoms with E-state index in [0.717, 1.165) is 6.04 Å². The van der Waals surface area contributed by atoms with Gasteiger partial charge in [0.1, 0.15) is 0 Å². The van der Waals surface area contributed by atoms with Gasteiger partial charge in [0.05, 0.1) is 12.6 Å². The Hall–Kier alpha value is -0.0800. The van der Waals surface area contributed by atoms with Crippen molar-refractivity contribution in [3.05, 3.63) is 7.05 Å². The van der Waals surface area contributed by atoms with Crippen LogP contribution in [-0.2, 0) is 0 Å². The molecule has 1 fully saturated rings. The zero-order valence-corrected chi connectivity index (χ0v) is 7.06. The van der Waals surface area contributed by atoms with Crippen LogP contribution in [0.2, 0.25) is 0 Å². The van der Waals surface area contributed by atoms with Gasteiger partial charge < -0.3 is 9.80 Å². The van der Waals surface area contributed by atoms with Crippen LogP contribution in [0.5, 0.6) is 0 Å². The molecule has 0 aromatic carbocycles. The highest BCUT2D eigenvalue weighted by molar-refractivity contribution is 4.64. The first-order valence-corrected chi connectivity index (χ1v) is 4.02. The van der Waals surface area contributed by atoms with Gasteiger partial charge in [-0.2, -0.15) is 7.05 Å². The van der Waals surface area contributed by atoms with Crippen molar-refractivity contribution >= 4 is 0 Å². The van der Waals surface area contributed by atoms with Crippen molar-refractivity contribution in [2.75, 3.05) is 27.2 Å². The molecule has 0 saturated carbocycles. The summed E-state index contributed by atoms with van der Waals surface area (Å²) in [6.45, 7) is 2.46. The zero-order chi connectivity index (χ0) is 7.56. The molecule has 10 heavy (non-hydrogen) atoms. The Balaban J connectivity index is 2.26. The average molecular weight is 142 g/mol. The fourth-order valence-electron chi connectivity index (χ4n) is 1.64. The summed E-state index contributed by atoms with van der Waals surface area (Å²) in [5.41, 5.74) is 0. The van der Waals surface area contributed by atoms with Crippen LogP contribution >= 0.6 is 0 Å². The molecule has 1 unspecified atom stereocenters. The molecule has 60 valence electrons. The van der Waals surface area contributed by atoms with E-state index in [4.69, 9.17) is 0 Å². The topological polar surface area (TPSA) is 7.68 Å². The number of quaternary nitrogens is 1. The Morgan fingerprint density at radius 2 is 2.30 bits per heavy atom. The third-order valence-electron chi connectivity index (χ3n) is 2.21. The Bertz CT molecular complexity index is 101. The number of rotatable bonds is 2. The van der Waals surface area contributed by atoms with E-state index in [1.54, 1.807) is 0 Å². The van der Waals surface area contributed by atoms with Gasteiger partial charge in [-0.05, 0) is 20.5 Å². The molecule has 1 saturated heterocycles. The van der Waals surface area contributed by atoms with E-state index in [-0.39, 0.29) is 0 Å². The molecular weight excluding hydrogens is 124 g/mol. The van der Waals surface area contributed by atoms with Gasteiger partial charge in [0, 0.05) is 13.0 Å². The van der Waals surface area contributed by atoms with Crippen molar-refractivity contribution in [3.8, 4) is 0 Å². The Kier molecular flexibility index (Phi) is 2.69. The summed E-state index contributed by atoms with van der Waals surface area (Å²) in [6.07, 6.45) is 2.72. The van der Waals surface area contributed by atoms with Gasteiger partial charge in [-0.25, -0.2) is 0 Å². The summed E-state index contributed by atoms with van der Waals surface area (Å²) in [6, 6.07) is 0.787. The molecule has 1 N–H and O–H groups in total. The summed E-state index contributed by atoms with van der Waals surface area (Å²) >= 11 is 0. The minimum Gasteiger partial charge on any atom is -0.464 e. The first kappa shape index (κ1) is 8.02. The monoisotopic (exact) mass is 142 g/mol. The van der Waals surface area contributed by atoms with Gasteiger partial charge in [-0.1, -0.05) is 0 Å². The lowest BCUT2D eigenvalue weighted by molar-refractivity contribution is -0.866. The Labute approximate surface area is 63.8 Å². The Morgan fingerprint density at radius 1 is 1.60 bits per heavy atom. The smallest absolute Gasteiger partial charge is 0.0766 e. The number of likely N-dealkylation sites (tertiary alicyclic amines) is 1. The van der Waals surface area contributed by atoms with E-state index in [2.05, 4.69) is 26.0 Å². The normalized spacial score (nSPS) is 33.6. The Morgan fingerprint density at radius 3 is 2.70 bits per heavy atom. The summed E-state index contributed by atoms with van der Waals surface area (Å²) in [7, 11) is 8.32. The van der Waals surface area contributed by atoms with E-state index in [9.17, 15) is 0 Å². The number of likely N-dealkylation sites (N-methyl/N-ethyl adjacent to an activating group) is 1. The van der Waals surface area contributed by atoms with Crippen molar-refractivity contribution < 1.29 is 4.90 Å². The van der Waals surface area contributed by atoms with Crippen molar-refractivity contribution in [2.45, 2.75) is 18.9 Å². The number of nitrogens with zero attached hydrogens (tertiary/aromatic N) is 1. The lowest BCUT2D eigenvalue weighted by Gasteiger charge is -2.25. The minimum atomic E-state index is 0.787. The van der Waals surface area contributed by atoms with Crippen LogP contribution in [0.15, 0.2) is 0 Å². The first-order valence-electron chi connectivity index (χ1n) is 4.02. The SMILES string of the molecule is [CH2-][NH+]1CCC[C@@H]1CN(C)C. The minimum absolute atomic E-state index is 0.787. The number of hydrogen-bond acceptors (Lipinski definition) is 1. The van der Waals surface area contributed by atoms with Crippen molar-refractivity contribution in [3.63, 3.8) is 0 Å². The molecule has 0 radical (unpaired) electrons. The standard InChI is InChI=1S/C8H18N2/c1-9(2)7-8-5-4-6-10(8)3/h8,10H,3-7H2,1-2H3/t8-/m1/s1. The van der Waals surface area contributed by atoms with Crippen molar-refractivity contribution in [1.82, 2.24) is 4.90 Å². The van der Waals surface area contributed by atoms with Crippen LogP contribution in [0, 0.1) is 7.05 Å². The fourth-order valence-corrected chi connectivity index (χ4v) is 1.64. The second-order valence-electron chi connectivity index (χ2n) is 3.51. The predicted octanol–water partition coefficient (Wildman–Crippen LogP) is -0.613. The van der Waals surface area contributed by atoms with Crippen LogP contribution in [0.1, 0.15) is 12.8 Å². The van der Waals surface area contributed by atoms with Crippen LogP contribution in [0.4, 0.5) is 0 Å². The summed E-state index contributed by atoms with van der Waals surface area (Å²) in [5, 5.41) is 0. The highest BCUT2D eigenvalue weighted by Gasteiger charge is 2.20. The largest absolute Gasteiger partial charge is 0.464 e. The van der Waals surface area contributed by atoms with Crippen LogP contribution < -0.4 is 4.90 Å². The molecule has 0 bridgehead atoms. The van der Waals surface area contributed by atoms with Crippen LogP contribution in [0.25, 0.3) is 0 Å². The molecule has 1 aliphatic rings. The van der Waals surface area contributed by atoms with Crippen LogP contribution in [0.3, 0.4) is 0 Å². The first-order chi connectivity index (χ1) is 4.70. The molecule has 2 atom stereocenters. The highest BCUT2D eigenvalue weighted by Crippen LogP contribution is 1.99. The molecule has 2 nitrogen and oxygen atoms in total. The molecule has 0 aromatic rings. The van der Waals surface area contributed by atoms with Gasteiger partial charge in [-0.15, -0.1) is 0 Å². The van der Waals surface area contributed by atoms with Gasteiger partial charge in [0.15, 0.2) is 0 Å². The second kappa shape index (κ2) is 3.35. The molecule has 1 heterocycles. The molecule has 2 heteroatoms. The fraction of sp³-hybridized carbons (Fsp3) is 0.875. The molecule has 1 rings (SSSR count). The average Bonchev–Trinajstić information content (AvgIpc) is 2.15. The zero-order valence-electron chi connectivity index (χ0n) is 7.06. The molecule has 0 spiro atoms. The quantitative estimate of drug-likeness (QED) is 0.505. The summed E-state index contributed by atoms with van der Waals surface area (Å²) in [5.74, 6) is 0. The third-order valence-corrected chi connectivity index (χ3v) is 2.21. The van der Waals surface area contributed by atoms with Gasteiger partial charge >= 0.3 is 0 Å². The maximum absolute atomic E-state index is 4.06. The molecular formula is C8H18N2. The van der Waals surface area contributed by atoms with E-state index >= 15 is 0 Å². The number of hydrogen-bond donors (Lipinski definition) is 1. The summed E-state index contributed by atoms with van der Waals surface area (Å²) in [4.78, 5) is 3.72. The van der Waals surface area contributed by atoms with Gasteiger partial charge in [0.2, 0.25) is 0 Å². The summed E-state index contributed by atoms with van der Waals surface area (Å²) < 4.78 is 0. The highest BCUT2D eigenvalue weighted by atomic mass is 15.2. The molecule has 0 amide bonds. The van der Waals surface area contributed by atoms with Crippen molar-refractivity contribution in [1.29, 1.82) is 0 Å². The van der Waals surface area contributed by atoms with E-state index in [1.807, 2.05) is 0 Å². The maximum atomic E-state index is 4.06. The molecule has 0 aromatic heterocycles. The predicted molar refractivity (Wildman–Crippen MR) is 42.8 cm³/mol. The van der Waals surface area contributed by atoms with Crippen LogP contribution in [-0.4, -0.2) is 38.1 Å². The van der Waals surface area contributed by atoms with E-state index in [0.29, 0.717) is 0 Å². The lowest BCUT2D eigenvalue weighted by atomic mass is 10.2. The van der Waals surface area contributed by atoms with Crippen molar-refractivity contribution in [2.24, 2.45) is 0 Å². The second-order valence-corrected chi connectivity index (χ2v) is 3.51. The molecule has 0 aliphatic carbocycles. The van der Waals surface area contributed by atoms with E-state index in [1.165, 1.54) is 30.8 Å².